The van der Waals surface area contributed by atoms with Gasteiger partial charge in [-0.15, -0.1) is 24.0 Å². The van der Waals surface area contributed by atoms with Gasteiger partial charge in [0.2, 0.25) is 0 Å². The molecule has 0 saturated carbocycles. The third-order valence-corrected chi connectivity index (χ3v) is 3.31. The van der Waals surface area contributed by atoms with Crippen LogP contribution in [0.3, 0.4) is 0 Å². The summed E-state index contributed by atoms with van der Waals surface area (Å²) in [5, 5.41) is 9.38. The number of rotatable bonds is 6. The minimum Gasteiger partial charge on any atom is -0.444 e. The molecule has 0 radical (unpaired) electrons. The molecule has 0 fully saturated rings. The van der Waals surface area contributed by atoms with Gasteiger partial charge in [0.1, 0.15) is 5.60 Å². The van der Waals surface area contributed by atoms with Crippen LogP contribution < -0.4 is 16.0 Å². The van der Waals surface area contributed by atoms with Crippen molar-refractivity contribution in [3.8, 4) is 0 Å². The molecule has 7 heteroatoms. The van der Waals surface area contributed by atoms with E-state index in [9.17, 15) is 4.79 Å². The molecule has 6 nitrogen and oxygen atoms in total. The first-order valence-corrected chi connectivity index (χ1v) is 8.61. The van der Waals surface area contributed by atoms with Gasteiger partial charge >= 0.3 is 6.09 Å². The van der Waals surface area contributed by atoms with Crippen molar-refractivity contribution >= 4 is 36.0 Å². The highest BCUT2D eigenvalue weighted by atomic mass is 127. The number of ether oxygens (including phenoxy) is 1. The number of amides is 1. The number of alkyl carbamates (subject to hydrolysis) is 1. The largest absolute Gasteiger partial charge is 0.444 e. The fourth-order valence-corrected chi connectivity index (χ4v) is 2.12. The Bertz CT molecular complexity index is 569. The summed E-state index contributed by atoms with van der Waals surface area (Å²) in [4.78, 5) is 16.1. The molecule has 0 saturated heterocycles. The van der Waals surface area contributed by atoms with E-state index >= 15 is 0 Å². The van der Waals surface area contributed by atoms with Crippen molar-refractivity contribution in [2.75, 3.05) is 20.1 Å². The Labute approximate surface area is 174 Å². The lowest BCUT2D eigenvalue weighted by atomic mass is 10.1. The number of carbonyl (C=O) groups excluding carboxylic acids is 1. The lowest BCUT2D eigenvalue weighted by Crippen LogP contribution is -2.54. The van der Waals surface area contributed by atoms with Crippen LogP contribution in [0.2, 0.25) is 0 Å². The van der Waals surface area contributed by atoms with Gasteiger partial charge in [0.25, 0.3) is 0 Å². The van der Waals surface area contributed by atoms with Crippen LogP contribution in [0.5, 0.6) is 0 Å². The summed E-state index contributed by atoms with van der Waals surface area (Å²) in [5.74, 6) is 0.704. The predicted octanol–water partition coefficient (Wildman–Crippen LogP) is 3.32. The van der Waals surface area contributed by atoms with Crippen molar-refractivity contribution < 1.29 is 9.53 Å². The fourth-order valence-electron chi connectivity index (χ4n) is 2.12. The van der Waals surface area contributed by atoms with Crippen molar-refractivity contribution in [3.05, 3.63) is 35.9 Å². The highest BCUT2D eigenvalue weighted by molar-refractivity contribution is 14.0. The van der Waals surface area contributed by atoms with Crippen LogP contribution in [0, 0.1) is 0 Å². The molecule has 1 aromatic rings. The Hall–Kier alpha value is -1.51. The van der Waals surface area contributed by atoms with Crippen molar-refractivity contribution in [2.24, 2.45) is 4.99 Å². The molecule has 0 spiro atoms. The lowest BCUT2D eigenvalue weighted by molar-refractivity contribution is 0.0474. The van der Waals surface area contributed by atoms with Gasteiger partial charge in [0.15, 0.2) is 5.96 Å². The maximum atomic E-state index is 11.9. The highest BCUT2D eigenvalue weighted by Gasteiger charge is 2.24. The number of guanidine groups is 1. The Morgan fingerprint density at radius 1 is 1.08 bits per heavy atom. The molecule has 1 amide bonds. The van der Waals surface area contributed by atoms with Gasteiger partial charge in [-0.05, 0) is 46.6 Å². The number of halogens is 1. The van der Waals surface area contributed by atoms with E-state index in [1.807, 2.05) is 52.8 Å². The van der Waals surface area contributed by atoms with Crippen LogP contribution in [0.15, 0.2) is 35.3 Å². The van der Waals surface area contributed by atoms with Gasteiger partial charge in [0, 0.05) is 20.1 Å². The minimum atomic E-state index is -0.511. The first kappa shape index (κ1) is 24.5. The first-order chi connectivity index (χ1) is 11.6. The van der Waals surface area contributed by atoms with E-state index in [0.717, 1.165) is 13.0 Å². The summed E-state index contributed by atoms with van der Waals surface area (Å²) in [5.41, 5.74) is 0.291. The number of hydrogen-bond acceptors (Lipinski definition) is 3. The average molecular weight is 476 g/mol. The van der Waals surface area contributed by atoms with Gasteiger partial charge in [-0.3, -0.25) is 4.99 Å². The third kappa shape index (κ3) is 11.2. The van der Waals surface area contributed by atoms with Gasteiger partial charge in [-0.1, -0.05) is 30.3 Å². The predicted molar refractivity (Wildman–Crippen MR) is 118 cm³/mol. The highest BCUT2D eigenvalue weighted by Crippen LogP contribution is 2.09. The number of nitrogens with one attached hydrogen (secondary N) is 3. The molecule has 1 rings (SSSR count). The summed E-state index contributed by atoms with van der Waals surface area (Å²) in [6, 6.07) is 10.3. The van der Waals surface area contributed by atoms with Crippen LogP contribution in [0.4, 0.5) is 4.79 Å². The Balaban J connectivity index is 0.00000625. The molecular weight excluding hydrogens is 443 g/mol. The molecule has 1 aromatic carbocycles. The lowest BCUT2D eigenvalue weighted by Gasteiger charge is -2.29. The standard InChI is InChI=1S/C19H32N4O2.HI/c1-18(2,3)25-17(24)23-19(4,5)14-22-16(20-6)21-13-12-15-10-8-7-9-11-15;/h7-11H,12-14H2,1-6H3,(H,23,24)(H2,20,21,22);1H. The van der Waals surface area contributed by atoms with Crippen LogP contribution in [-0.4, -0.2) is 43.3 Å². The second kappa shape index (κ2) is 11.3. The van der Waals surface area contributed by atoms with E-state index in [4.69, 9.17) is 4.74 Å². The molecule has 0 aliphatic carbocycles. The number of hydrogen-bond donors (Lipinski definition) is 3. The van der Waals surface area contributed by atoms with Gasteiger partial charge in [0.05, 0.1) is 5.54 Å². The van der Waals surface area contributed by atoms with Gasteiger partial charge in [-0.25, -0.2) is 4.79 Å². The zero-order valence-electron chi connectivity index (χ0n) is 16.7. The van der Waals surface area contributed by atoms with Crippen molar-refractivity contribution in [1.82, 2.24) is 16.0 Å². The Morgan fingerprint density at radius 3 is 2.23 bits per heavy atom. The first-order valence-electron chi connectivity index (χ1n) is 8.61. The number of benzene rings is 1. The number of aliphatic imine (C=N–C) groups is 1. The van der Waals surface area contributed by atoms with E-state index in [1.165, 1.54) is 5.56 Å². The Kier molecular flexibility index (Phi) is 10.6. The van der Waals surface area contributed by atoms with Crippen molar-refractivity contribution in [1.29, 1.82) is 0 Å². The molecule has 0 aliphatic rings. The molecule has 26 heavy (non-hydrogen) atoms. The maximum Gasteiger partial charge on any atom is 0.408 e. The molecule has 148 valence electrons. The van der Waals surface area contributed by atoms with Crippen LogP contribution >= 0.6 is 24.0 Å². The SMILES string of the molecule is CN=C(NCCc1ccccc1)NCC(C)(C)NC(=O)OC(C)(C)C.I. The second-order valence-electron chi connectivity index (χ2n) is 7.60. The fraction of sp³-hybridized carbons (Fsp3) is 0.579. The second-order valence-corrected chi connectivity index (χ2v) is 7.60. The zero-order chi connectivity index (χ0) is 18.9. The third-order valence-electron chi connectivity index (χ3n) is 3.31. The van der Waals surface area contributed by atoms with E-state index < -0.39 is 17.2 Å². The summed E-state index contributed by atoms with van der Waals surface area (Å²) >= 11 is 0. The minimum absolute atomic E-state index is 0. The van der Waals surface area contributed by atoms with E-state index in [0.29, 0.717) is 12.5 Å². The number of nitrogens with zero attached hydrogens (tertiary/aromatic N) is 1. The molecule has 3 N–H and O–H groups in total. The van der Waals surface area contributed by atoms with E-state index in [1.54, 1.807) is 7.05 Å². The molecule has 0 heterocycles. The summed E-state index contributed by atoms with van der Waals surface area (Å²) in [6.07, 6.45) is 0.493. The van der Waals surface area contributed by atoms with Crippen molar-refractivity contribution in [2.45, 2.75) is 52.2 Å². The molecule has 0 unspecified atom stereocenters. The van der Waals surface area contributed by atoms with Crippen LogP contribution in [-0.2, 0) is 11.2 Å². The topological polar surface area (TPSA) is 74.8 Å². The van der Waals surface area contributed by atoms with E-state index in [2.05, 4.69) is 33.1 Å². The summed E-state index contributed by atoms with van der Waals surface area (Å²) in [7, 11) is 1.73. The van der Waals surface area contributed by atoms with Crippen LogP contribution in [0.25, 0.3) is 0 Å². The molecule has 0 aliphatic heterocycles. The zero-order valence-corrected chi connectivity index (χ0v) is 19.0. The number of carbonyl (C=O) groups is 1. The van der Waals surface area contributed by atoms with Crippen LogP contribution in [0.1, 0.15) is 40.2 Å². The Morgan fingerprint density at radius 2 is 1.69 bits per heavy atom. The smallest absolute Gasteiger partial charge is 0.408 e. The van der Waals surface area contributed by atoms with Crippen molar-refractivity contribution in [3.63, 3.8) is 0 Å². The average Bonchev–Trinajstić information content (AvgIpc) is 2.49. The molecule has 0 aromatic heterocycles. The monoisotopic (exact) mass is 476 g/mol. The van der Waals surface area contributed by atoms with Gasteiger partial charge < -0.3 is 20.7 Å². The maximum absolute atomic E-state index is 11.9. The normalized spacial score (nSPS) is 12.0. The quantitative estimate of drug-likeness (QED) is 0.335. The summed E-state index contributed by atoms with van der Waals surface area (Å²) in [6.45, 7) is 10.7. The molecule has 0 bridgehead atoms. The molecular formula is C19H33IN4O2. The van der Waals surface area contributed by atoms with E-state index in [-0.39, 0.29) is 24.0 Å². The molecule has 0 atom stereocenters. The summed E-state index contributed by atoms with van der Waals surface area (Å²) < 4.78 is 5.30. The van der Waals surface area contributed by atoms with Gasteiger partial charge in [-0.2, -0.15) is 0 Å².